The molecule has 1 heterocycles. The fraction of sp³-hybridized carbons (Fsp3) is 0.579. The second-order valence-electron chi connectivity index (χ2n) is 6.60. The lowest BCUT2D eigenvalue weighted by Crippen LogP contribution is -2.38. The molecule has 0 bridgehead atoms. The SMILES string of the molecule is CN=C(NCCCOCC1CC1)NCCCc1nc2ccccc2[nH]1.I. The molecule has 0 spiro atoms. The zero-order valence-corrected chi connectivity index (χ0v) is 17.8. The summed E-state index contributed by atoms with van der Waals surface area (Å²) in [5, 5.41) is 6.68. The van der Waals surface area contributed by atoms with Crippen molar-refractivity contribution in [3.63, 3.8) is 0 Å². The standard InChI is InChI=1S/C19H29N5O.HI/c1-20-19(22-12-5-13-25-14-15-9-10-15)21-11-4-8-18-23-16-6-2-3-7-17(16)24-18;/h2-3,6-7,15H,4-5,8-14H2,1H3,(H,23,24)(H2,20,21,22);1H. The summed E-state index contributed by atoms with van der Waals surface area (Å²) in [7, 11) is 1.80. The molecule has 0 atom stereocenters. The van der Waals surface area contributed by atoms with E-state index in [4.69, 9.17) is 4.74 Å². The summed E-state index contributed by atoms with van der Waals surface area (Å²) in [5.41, 5.74) is 2.14. The van der Waals surface area contributed by atoms with E-state index in [0.29, 0.717) is 0 Å². The smallest absolute Gasteiger partial charge is 0.190 e. The second-order valence-corrected chi connectivity index (χ2v) is 6.60. The van der Waals surface area contributed by atoms with Crippen molar-refractivity contribution >= 4 is 41.0 Å². The Morgan fingerprint density at radius 3 is 2.73 bits per heavy atom. The van der Waals surface area contributed by atoms with Gasteiger partial charge in [-0.2, -0.15) is 0 Å². The Morgan fingerprint density at radius 2 is 2.00 bits per heavy atom. The molecule has 0 saturated heterocycles. The topological polar surface area (TPSA) is 74.3 Å². The molecule has 0 radical (unpaired) electrons. The number of aliphatic imine (C=N–C) groups is 1. The zero-order valence-electron chi connectivity index (χ0n) is 15.5. The van der Waals surface area contributed by atoms with Crippen molar-refractivity contribution in [2.24, 2.45) is 10.9 Å². The van der Waals surface area contributed by atoms with Crippen LogP contribution in [0.25, 0.3) is 11.0 Å². The van der Waals surface area contributed by atoms with E-state index in [1.807, 2.05) is 18.2 Å². The number of fused-ring (bicyclic) bond motifs is 1. The number of aryl methyl sites for hydroxylation is 1. The van der Waals surface area contributed by atoms with Crippen LogP contribution in [0.5, 0.6) is 0 Å². The van der Waals surface area contributed by atoms with Gasteiger partial charge < -0.3 is 20.4 Å². The molecule has 1 saturated carbocycles. The number of H-pyrrole nitrogens is 1. The van der Waals surface area contributed by atoms with E-state index in [9.17, 15) is 0 Å². The lowest BCUT2D eigenvalue weighted by molar-refractivity contribution is 0.123. The maximum absolute atomic E-state index is 5.63. The van der Waals surface area contributed by atoms with Crippen molar-refractivity contribution in [1.29, 1.82) is 0 Å². The molecule has 1 aromatic carbocycles. The molecular formula is C19H30IN5O. The van der Waals surface area contributed by atoms with Gasteiger partial charge in [-0.3, -0.25) is 4.99 Å². The minimum atomic E-state index is 0. The highest BCUT2D eigenvalue weighted by molar-refractivity contribution is 14.0. The number of imidazole rings is 1. The predicted molar refractivity (Wildman–Crippen MR) is 117 cm³/mol. The van der Waals surface area contributed by atoms with Crippen molar-refractivity contribution in [3.8, 4) is 0 Å². The van der Waals surface area contributed by atoms with E-state index in [1.54, 1.807) is 7.05 Å². The molecule has 0 amide bonds. The van der Waals surface area contributed by atoms with Gasteiger partial charge in [-0.15, -0.1) is 24.0 Å². The van der Waals surface area contributed by atoms with Crippen LogP contribution >= 0.6 is 24.0 Å². The normalized spacial score (nSPS) is 14.3. The van der Waals surface area contributed by atoms with Crippen molar-refractivity contribution < 1.29 is 4.74 Å². The minimum absolute atomic E-state index is 0. The minimum Gasteiger partial charge on any atom is -0.381 e. The number of hydrogen-bond acceptors (Lipinski definition) is 3. The van der Waals surface area contributed by atoms with Crippen molar-refractivity contribution in [3.05, 3.63) is 30.1 Å². The summed E-state index contributed by atoms with van der Waals surface area (Å²) in [6.45, 7) is 3.52. The van der Waals surface area contributed by atoms with Crippen molar-refractivity contribution in [2.75, 3.05) is 33.4 Å². The fourth-order valence-corrected chi connectivity index (χ4v) is 2.72. The van der Waals surface area contributed by atoms with Gasteiger partial charge in [0.05, 0.1) is 11.0 Å². The summed E-state index contributed by atoms with van der Waals surface area (Å²) in [6.07, 6.45) is 5.64. The molecule has 144 valence electrons. The zero-order chi connectivity index (χ0) is 17.3. The number of ether oxygens (including phenoxy) is 1. The number of nitrogens with one attached hydrogen (secondary N) is 3. The summed E-state index contributed by atoms with van der Waals surface area (Å²) in [5.74, 6) is 2.74. The van der Waals surface area contributed by atoms with Gasteiger partial charge in [-0.25, -0.2) is 4.98 Å². The highest BCUT2D eigenvalue weighted by atomic mass is 127. The number of guanidine groups is 1. The van der Waals surface area contributed by atoms with Gasteiger partial charge in [-0.05, 0) is 43.7 Å². The van der Waals surface area contributed by atoms with Crippen LogP contribution in [0, 0.1) is 5.92 Å². The van der Waals surface area contributed by atoms with Crippen molar-refractivity contribution in [1.82, 2.24) is 20.6 Å². The number of nitrogens with zero attached hydrogens (tertiary/aromatic N) is 2. The average molecular weight is 471 g/mol. The second kappa shape index (κ2) is 11.4. The van der Waals surface area contributed by atoms with E-state index in [1.165, 1.54) is 12.8 Å². The number of hydrogen-bond donors (Lipinski definition) is 3. The number of benzene rings is 1. The van der Waals surface area contributed by atoms with E-state index in [2.05, 4.69) is 31.7 Å². The number of aromatic nitrogens is 2. The molecule has 3 rings (SSSR count). The van der Waals surface area contributed by atoms with Crippen LogP contribution in [0.2, 0.25) is 0 Å². The molecule has 1 aliphatic rings. The third kappa shape index (κ3) is 7.11. The van der Waals surface area contributed by atoms with E-state index in [-0.39, 0.29) is 24.0 Å². The lowest BCUT2D eigenvalue weighted by atomic mass is 10.3. The van der Waals surface area contributed by atoms with Crippen LogP contribution in [0.15, 0.2) is 29.3 Å². The van der Waals surface area contributed by atoms with Gasteiger partial charge in [0.1, 0.15) is 5.82 Å². The molecule has 2 aromatic rings. The summed E-state index contributed by atoms with van der Waals surface area (Å²) in [4.78, 5) is 12.2. The average Bonchev–Trinajstić information content (AvgIpc) is 3.36. The molecule has 0 unspecified atom stereocenters. The van der Waals surface area contributed by atoms with E-state index < -0.39 is 0 Å². The highest BCUT2D eigenvalue weighted by Gasteiger charge is 2.20. The Balaban J connectivity index is 0.00000243. The van der Waals surface area contributed by atoms with Gasteiger partial charge >= 0.3 is 0 Å². The van der Waals surface area contributed by atoms with Crippen LogP contribution in [0.1, 0.15) is 31.5 Å². The van der Waals surface area contributed by atoms with Gasteiger partial charge in [0.2, 0.25) is 0 Å². The Kier molecular flexibility index (Phi) is 9.17. The van der Waals surface area contributed by atoms with Crippen LogP contribution in [0.3, 0.4) is 0 Å². The van der Waals surface area contributed by atoms with Crippen LogP contribution < -0.4 is 10.6 Å². The summed E-state index contributed by atoms with van der Waals surface area (Å²) >= 11 is 0. The van der Waals surface area contributed by atoms with Gasteiger partial charge in [0.25, 0.3) is 0 Å². The van der Waals surface area contributed by atoms with Gasteiger partial charge in [0, 0.05) is 39.8 Å². The lowest BCUT2D eigenvalue weighted by Gasteiger charge is -2.11. The third-order valence-corrected chi connectivity index (χ3v) is 4.35. The molecule has 1 fully saturated rings. The highest BCUT2D eigenvalue weighted by Crippen LogP contribution is 2.28. The quantitative estimate of drug-likeness (QED) is 0.216. The third-order valence-electron chi connectivity index (χ3n) is 4.35. The molecule has 26 heavy (non-hydrogen) atoms. The van der Waals surface area contributed by atoms with Crippen LogP contribution in [0.4, 0.5) is 0 Å². The molecule has 6 nitrogen and oxygen atoms in total. The number of rotatable bonds is 10. The Labute approximate surface area is 172 Å². The Bertz CT molecular complexity index is 650. The molecule has 3 N–H and O–H groups in total. The number of aromatic amines is 1. The van der Waals surface area contributed by atoms with E-state index >= 15 is 0 Å². The number of para-hydroxylation sites is 2. The largest absolute Gasteiger partial charge is 0.381 e. The molecule has 7 heteroatoms. The maximum atomic E-state index is 5.63. The molecule has 0 aliphatic heterocycles. The summed E-state index contributed by atoms with van der Waals surface area (Å²) < 4.78 is 5.63. The van der Waals surface area contributed by atoms with Crippen LogP contribution in [-0.4, -0.2) is 49.3 Å². The first-order valence-corrected chi connectivity index (χ1v) is 9.31. The monoisotopic (exact) mass is 471 g/mol. The Morgan fingerprint density at radius 1 is 1.23 bits per heavy atom. The van der Waals surface area contributed by atoms with Gasteiger partial charge in [0.15, 0.2) is 5.96 Å². The number of halogens is 1. The molecule has 1 aliphatic carbocycles. The molecular weight excluding hydrogens is 441 g/mol. The first-order valence-electron chi connectivity index (χ1n) is 9.31. The Hall–Kier alpha value is -1.35. The molecule has 1 aromatic heterocycles. The first kappa shape index (κ1) is 21.0. The first-order chi connectivity index (χ1) is 12.3. The fourth-order valence-electron chi connectivity index (χ4n) is 2.72. The van der Waals surface area contributed by atoms with Crippen molar-refractivity contribution in [2.45, 2.75) is 32.1 Å². The van der Waals surface area contributed by atoms with Gasteiger partial charge in [-0.1, -0.05) is 12.1 Å². The van der Waals surface area contributed by atoms with E-state index in [0.717, 1.165) is 74.3 Å². The van der Waals surface area contributed by atoms with Crippen LogP contribution in [-0.2, 0) is 11.2 Å². The summed E-state index contributed by atoms with van der Waals surface area (Å²) in [6, 6.07) is 8.14. The predicted octanol–water partition coefficient (Wildman–Crippen LogP) is 3.10. The maximum Gasteiger partial charge on any atom is 0.190 e.